The number of alkyl halides is 1. The lowest BCUT2D eigenvalue weighted by Crippen LogP contribution is -2.17. The molecule has 126 valence electrons. The first-order valence-corrected chi connectivity index (χ1v) is 9.17. The van der Waals surface area contributed by atoms with Gasteiger partial charge in [0, 0.05) is 16.7 Å². The Hall–Kier alpha value is -1.70. The maximum Gasteiger partial charge on any atom is 0.328 e. The zero-order valence-corrected chi connectivity index (χ0v) is 15.0. The molecule has 3 aromatic rings. The SMILES string of the molecule is Nc1nc(SCCCCl)nc2c1[nH]c(=O)n2Cc1ccc(Cl)cc1. The zero-order valence-electron chi connectivity index (χ0n) is 12.6. The van der Waals surface area contributed by atoms with Crippen molar-refractivity contribution in [2.24, 2.45) is 0 Å². The smallest absolute Gasteiger partial charge is 0.328 e. The zero-order chi connectivity index (χ0) is 17.1. The van der Waals surface area contributed by atoms with Gasteiger partial charge in [-0.1, -0.05) is 35.5 Å². The number of thioether (sulfide) groups is 1. The summed E-state index contributed by atoms with van der Waals surface area (Å²) in [7, 11) is 0. The molecule has 6 nitrogen and oxygen atoms in total. The summed E-state index contributed by atoms with van der Waals surface area (Å²) in [4.78, 5) is 23.7. The third kappa shape index (κ3) is 3.68. The highest BCUT2D eigenvalue weighted by atomic mass is 35.5. The predicted octanol–water partition coefficient (Wildman–Crippen LogP) is 3.12. The van der Waals surface area contributed by atoms with E-state index in [1.165, 1.54) is 11.8 Å². The van der Waals surface area contributed by atoms with Crippen molar-refractivity contribution < 1.29 is 0 Å². The Bertz CT molecular complexity index is 907. The van der Waals surface area contributed by atoms with Gasteiger partial charge in [0.25, 0.3) is 0 Å². The number of halogens is 2. The van der Waals surface area contributed by atoms with Gasteiger partial charge in [-0.2, -0.15) is 0 Å². The molecule has 3 rings (SSSR count). The second kappa shape index (κ2) is 7.46. The second-order valence-electron chi connectivity index (χ2n) is 5.12. The van der Waals surface area contributed by atoms with Gasteiger partial charge in [0.15, 0.2) is 16.6 Å². The lowest BCUT2D eigenvalue weighted by Gasteiger charge is -2.05. The van der Waals surface area contributed by atoms with Crippen LogP contribution in [0.4, 0.5) is 5.82 Å². The third-order valence-electron chi connectivity index (χ3n) is 3.39. The van der Waals surface area contributed by atoms with E-state index in [1.54, 1.807) is 16.7 Å². The van der Waals surface area contributed by atoms with Crippen LogP contribution in [0.1, 0.15) is 12.0 Å². The Labute approximate surface area is 152 Å². The molecular weight excluding hydrogens is 369 g/mol. The van der Waals surface area contributed by atoms with Crippen molar-refractivity contribution in [2.45, 2.75) is 18.1 Å². The molecule has 0 saturated heterocycles. The van der Waals surface area contributed by atoms with E-state index in [0.29, 0.717) is 33.8 Å². The van der Waals surface area contributed by atoms with E-state index in [-0.39, 0.29) is 11.5 Å². The van der Waals surface area contributed by atoms with Gasteiger partial charge < -0.3 is 10.7 Å². The number of nitrogens with one attached hydrogen (secondary N) is 1. The fourth-order valence-corrected chi connectivity index (χ4v) is 3.44. The number of hydrogen-bond acceptors (Lipinski definition) is 5. The van der Waals surface area contributed by atoms with E-state index in [9.17, 15) is 4.79 Å². The number of H-pyrrole nitrogens is 1. The van der Waals surface area contributed by atoms with E-state index < -0.39 is 0 Å². The molecule has 9 heteroatoms. The number of aromatic amines is 1. The minimum absolute atomic E-state index is 0.264. The number of hydrogen-bond donors (Lipinski definition) is 2. The number of anilines is 1. The molecule has 24 heavy (non-hydrogen) atoms. The normalized spacial score (nSPS) is 11.2. The fourth-order valence-electron chi connectivity index (χ4n) is 2.23. The van der Waals surface area contributed by atoms with E-state index >= 15 is 0 Å². The average Bonchev–Trinajstić information content (AvgIpc) is 2.87. The van der Waals surface area contributed by atoms with Crippen LogP contribution in [0, 0.1) is 0 Å². The molecule has 3 N–H and O–H groups in total. The van der Waals surface area contributed by atoms with E-state index in [2.05, 4.69) is 15.0 Å². The summed E-state index contributed by atoms with van der Waals surface area (Å²) in [5.41, 5.74) is 7.58. The van der Waals surface area contributed by atoms with E-state index in [4.69, 9.17) is 28.9 Å². The first-order chi connectivity index (χ1) is 11.6. The van der Waals surface area contributed by atoms with Crippen LogP contribution in [0.25, 0.3) is 11.2 Å². The minimum atomic E-state index is -0.274. The van der Waals surface area contributed by atoms with Gasteiger partial charge in [-0.05, 0) is 24.1 Å². The molecule has 0 unspecified atom stereocenters. The predicted molar refractivity (Wildman–Crippen MR) is 99.2 cm³/mol. The summed E-state index contributed by atoms with van der Waals surface area (Å²) < 4.78 is 1.54. The van der Waals surface area contributed by atoms with Crippen LogP contribution in [0.3, 0.4) is 0 Å². The van der Waals surface area contributed by atoms with Crippen molar-refractivity contribution in [1.82, 2.24) is 19.5 Å². The highest BCUT2D eigenvalue weighted by molar-refractivity contribution is 7.99. The van der Waals surface area contributed by atoms with Crippen LogP contribution < -0.4 is 11.4 Å². The molecule has 2 heterocycles. The average molecular weight is 384 g/mol. The van der Waals surface area contributed by atoms with Gasteiger partial charge in [-0.3, -0.25) is 4.57 Å². The molecule has 0 amide bonds. The molecule has 0 fully saturated rings. The quantitative estimate of drug-likeness (QED) is 0.295. The third-order valence-corrected chi connectivity index (χ3v) is 4.85. The van der Waals surface area contributed by atoms with Crippen LogP contribution in [0.5, 0.6) is 0 Å². The lowest BCUT2D eigenvalue weighted by atomic mass is 10.2. The van der Waals surface area contributed by atoms with Crippen molar-refractivity contribution >= 4 is 51.9 Å². The van der Waals surface area contributed by atoms with Crippen LogP contribution in [-0.2, 0) is 6.54 Å². The first-order valence-electron chi connectivity index (χ1n) is 7.27. The first kappa shape index (κ1) is 17.1. The number of fused-ring (bicyclic) bond motifs is 1. The number of benzene rings is 1. The van der Waals surface area contributed by atoms with Crippen molar-refractivity contribution in [3.63, 3.8) is 0 Å². The summed E-state index contributed by atoms with van der Waals surface area (Å²) in [5.74, 6) is 1.64. The van der Waals surface area contributed by atoms with Crippen molar-refractivity contribution in [3.05, 3.63) is 45.3 Å². The summed E-state index contributed by atoms with van der Waals surface area (Å²) >= 11 is 13.1. The molecule has 1 aromatic carbocycles. The Morgan fingerprint density at radius 2 is 2.00 bits per heavy atom. The molecule has 0 aliphatic rings. The highest BCUT2D eigenvalue weighted by Gasteiger charge is 2.14. The van der Waals surface area contributed by atoms with Gasteiger partial charge >= 0.3 is 5.69 Å². The maximum absolute atomic E-state index is 12.3. The topological polar surface area (TPSA) is 89.6 Å². The molecule has 0 atom stereocenters. The number of aromatic nitrogens is 4. The molecule has 0 aliphatic heterocycles. The number of rotatable bonds is 6. The summed E-state index contributed by atoms with van der Waals surface area (Å²) in [6.07, 6.45) is 0.845. The van der Waals surface area contributed by atoms with E-state index in [1.807, 2.05) is 12.1 Å². The van der Waals surface area contributed by atoms with Crippen LogP contribution >= 0.6 is 35.0 Å². The summed E-state index contributed by atoms with van der Waals surface area (Å²) in [6.45, 7) is 0.373. The van der Waals surface area contributed by atoms with Crippen molar-refractivity contribution in [3.8, 4) is 0 Å². The second-order valence-corrected chi connectivity index (χ2v) is 7.00. The Morgan fingerprint density at radius 1 is 1.25 bits per heavy atom. The molecule has 0 spiro atoms. The molecule has 2 aromatic heterocycles. The molecule has 0 bridgehead atoms. The summed E-state index contributed by atoms with van der Waals surface area (Å²) in [6, 6.07) is 7.31. The maximum atomic E-state index is 12.3. The van der Waals surface area contributed by atoms with Crippen LogP contribution in [0.15, 0.2) is 34.2 Å². The highest BCUT2D eigenvalue weighted by Crippen LogP contribution is 2.21. The van der Waals surface area contributed by atoms with E-state index in [0.717, 1.165) is 17.7 Å². The van der Waals surface area contributed by atoms with Crippen molar-refractivity contribution in [2.75, 3.05) is 17.4 Å². The molecule has 0 saturated carbocycles. The molecular formula is C15H15Cl2N5OS. The Morgan fingerprint density at radius 3 is 2.71 bits per heavy atom. The monoisotopic (exact) mass is 383 g/mol. The Balaban J connectivity index is 1.98. The van der Waals surface area contributed by atoms with Gasteiger partial charge in [-0.15, -0.1) is 11.6 Å². The lowest BCUT2D eigenvalue weighted by molar-refractivity contribution is 0.771. The van der Waals surface area contributed by atoms with Gasteiger partial charge in [0.05, 0.1) is 6.54 Å². The minimum Gasteiger partial charge on any atom is -0.382 e. The summed E-state index contributed by atoms with van der Waals surface area (Å²) in [5, 5.41) is 1.18. The van der Waals surface area contributed by atoms with Gasteiger partial charge in [0.2, 0.25) is 0 Å². The fraction of sp³-hybridized carbons (Fsp3) is 0.267. The van der Waals surface area contributed by atoms with Gasteiger partial charge in [-0.25, -0.2) is 14.8 Å². The number of imidazole rings is 1. The standard InChI is InChI=1S/C15H15Cl2N5OS/c16-6-1-7-24-14-20-12(18)11-13(21-14)22(15(23)19-11)8-9-2-4-10(17)5-3-9/h2-5H,1,6-8H2,(H,19,23)(H2,18,20,21). The van der Waals surface area contributed by atoms with Crippen molar-refractivity contribution in [1.29, 1.82) is 0 Å². The largest absolute Gasteiger partial charge is 0.382 e. The number of nitrogens with zero attached hydrogens (tertiary/aromatic N) is 3. The molecule has 0 radical (unpaired) electrons. The molecule has 0 aliphatic carbocycles. The van der Waals surface area contributed by atoms with Crippen LogP contribution in [-0.4, -0.2) is 31.2 Å². The van der Waals surface area contributed by atoms with Crippen LogP contribution in [0.2, 0.25) is 5.02 Å². The Kier molecular flexibility index (Phi) is 5.33. The van der Waals surface area contributed by atoms with Gasteiger partial charge in [0.1, 0.15) is 5.52 Å². The number of nitrogens with two attached hydrogens (primary N) is 1. The number of nitrogen functional groups attached to an aromatic ring is 1.